The van der Waals surface area contributed by atoms with Crippen LogP contribution in [0, 0.1) is 5.92 Å². The van der Waals surface area contributed by atoms with Gasteiger partial charge in [-0.3, -0.25) is 4.79 Å². The fourth-order valence-corrected chi connectivity index (χ4v) is 2.88. The lowest BCUT2D eigenvalue weighted by molar-refractivity contribution is -0.135. The molecule has 0 aromatic rings. The third kappa shape index (κ3) is 3.69. The van der Waals surface area contributed by atoms with Crippen LogP contribution in [0.15, 0.2) is 0 Å². The Morgan fingerprint density at radius 2 is 2.00 bits per heavy atom. The first kappa shape index (κ1) is 14.8. The van der Waals surface area contributed by atoms with E-state index in [0.717, 1.165) is 25.9 Å². The molecule has 1 heterocycles. The molecule has 2 aliphatic rings. The van der Waals surface area contributed by atoms with Gasteiger partial charge >= 0.3 is 0 Å². The van der Waals surface area contributed by atoms with Gasteiger partial charge in [-0.25, -0.2) is 0 Å². The molecule has 110 valence electrons. The standard InChI is InChI=1S/C15H29N3O/c1-11(2)14(16)15(19)18(12-7-8-12)10-13-6-4-5-9-17(13)3/h11-14H,4-10,16H2,1-3H3/t13?,14-/m0/s1. The SMILES string of the molecule is CC(C)[C@H](N)C(=O)N(CC1CCCCN1C)C1CC1. The molecule has 0 aromatic carbocycles. The zero-order valence-electron chi connectivity index (χ0n) is 12.6. The van der Waals surface area contributed by atoms with Crippen molar-refractivity contribution in [3.8, 4) is 0 Å². The Morgan fingerprint density at radius 1 is 1.32 bits per heavy atom. The smallest absolute Gasteiger partial charge is 0.240 e. The summed E-state index contributed by atoms with van der Waals surface area (Å²) >= 11 is 0. The molecule has 4 heteroatoms. The summed E-state index contributed by atoms with van der Waals surface area (Å²) in [6.45, 7) is 6.09. The molecule has 1 saturated carbocycles. The van der Waals surface area contributed by atoms with E-state index in [1.165, 1.54) is 19.3 Å². The molecule has 1 unspecified atom stereocenters. The lowest BCUT2D eigenvalue weighted by atomic mass is 10.0. The highest BCUT2D eigenvalue weighted by molar-refractivity contribution is 5.82. The summed E-state index contributed by atoms with van der Waals surface area (Å²) in [7, 11) is 2.18. The monoisotopic (exact) mass is 267 g/mol. The van der Waals surface area contributed by atoms with Gasteiger partial charge in [0.1, 0.15) is 0 Å². The average molecular weight is 267 g/mol. The fourth-order valence-electron chi connectivity index (χ4n) is 2.88. The van der Waals surface area contributed by atoms with Crippen molar-refractivity contribution in [1.29, 1.82) is 0 Å². The number of piperidine rings is 1. The fraction of sp³-hybridized carbons (Fsp3) is 0.933. The number of hydrogen-bond acceptors (Lipinski definition) is 3. The molecule has 2 fully saturated rings. The van der Waals surface area contributed by atoms with Gasteiger partial charge in [-0.15, -0.1) is 0 Å². The van der Waals surface area contributed by atoms with Crippen molar-refractivity contribution < 1.29 is 4.79 Å². The van der Waals surface area contributed by atoms with Gasteiger partial charge in [0.25, 0.3) is 0 Å². The predicted molar refractivity (Wildman–Crippen MR) is 77.8 cm³/mol. The molecule has 1 saturated heterocycles. The van der Waals surface area contributed by atoms with Crippen LogP contribution in [0.1, 0.15) is 46.0 Å². The Balaban J connectivity index is 1.97. The molecule has 0 aromatic heterocycles. The van der Waals surface area contributed by atoms with Crippen LogP contribution in [-0.4, -0.2) is 54.0 Å². The Bertz CT molecular complexity index is 315. The Hall–Kier alpha value is -0.610. The minimum Gasteiger partial charge on any atom is -0.337 e. The minimum absolute atomic E-state index is 0.163. The average Bonchev–Trinajstić information content (AvgIpc) is 3.20. The van der Waals surface area contributed by atoms with Crippen LogP contribution in [-0.2, 0) is 4.79 Å². The maximum Gasteiger partial charge on any atom is 0.240 e. The topological polar surface area (TPSA) is 49.6 Å². The Kier molecular flexibility index (Phi) is 4.85. The second-order valence-corrected chi connectivity index (χ2v) is 6.62. The molecule has 1 aliphatic heterocycles. The number of hydrogen-bond donors (Lipinski definition) is 1. The second-order valence-electron chi connectivity index (χ2n) is 6.62. The number of likely N-dealkylation sites (N-methyl/N-ethyl adjacent to an activating group) is 1. The molecular weight excluding hydrogens is 238 g/mol. The molecule has 2 atom stereocenters. The summed E-state index contributed by atoms with van der Waals surface area (Å²) in [5.74, 6) is 0.384. The number of carbonyl (C=O) groups is 1. The molecule has 2 N–H and O–H groups in total. The first-order valence-electron chi connectivity index (χ1n) is 7.77. The molecule has 0 radical (unpaired) electrons. The van der Waals surface area contributed by atoms with Gasteiger partial charge in [-0.05, 0) is 45.2 Å². The van der Waals surface area contributed by atoms with Crippen LogP contribution in [0.2, 0.25) is 0 Å². The zero-order chi connectivity index (χ0) is 14.0. The van der Waals surface area contributed by atoms with Crippen molar-refractivity contribution in [2.45, 2.75) is 64.1 Å². The van der Waals surface area contributed by atoms with Crippen LogP contribution in [0.3, 0.4) is 0 Å². The normalized spacial score (nSPS) is 26.5. The van der Waals surface area contributed by atoms with E-state index in [1.807, 2.05) is 13.8 Å². The van der Waals surface area contributed by atoms with Crippen molar-refractivity contribution in [2.24, 2.45) is 11.7 Å². The van der Waals surface area contributed by atoms with Gasteiger partial charge in [0, 0.05) is 18.6 Å². The van der Waals surface area contributed by atoms with E-state index in [0.29, 0.717) is 12.1 Å². The van der Waals surface area contributed by atoms with Crippen LogP contribution in [0.25, 0.3) is 0 Å². The maximum atomic E-state index is 12.5. The second kappa shape index (κ2) is 6.23. The first-order chi connectivity index (χ1) is 9.00. The number of nitrogens with zero attached hydrogens (tertiary/aromatic N) is 2. The third-order valence-electron chi connectivity index (χ3n) is 4.60. The minimum atomic E-state index is -0.338. The molecule has 1 aliphatic carbocycles. The summed E-state index contributed by atoms with van der Waals surface area (Å²) in [6.07, 6.45) is 6.11. The van der Waals surface area contributed by atoms with Crippen LogP contribution in [0.5, 0.6) is 0 Å². The molecule has 1 amide bonds. The Labute approximate surface area is 117 Å². The largest absolute Gasteiger partial charge is 0.337 e. The van der Waals surface area contributed by atoms with Gasteiger partial charge in [0.2, 0.25) is 5.91 Å². The highest BCUT2D eigenvalue weighted by Crippen LogP contribution is 2.29. The number of amides is 1. The maximum absolute atomic E-state index is 12.5. The van der Waals surface area contributed by atoms with E-state index in [-0.39, 0.29) is 17.9 Å². The highest BCUT2D eigenvalue weighted by atomic mass is 16.2. The number of carbonyl (C=O) groups excluding carboxylic acids is 1. The predicted octanol–water partition coefficient (Wildman–Crippen LogP) is 1.45. The molecule has 0 spiro atoms. The third-order valence-corrected chi connectivity index (χ3v) is 4.60. The highest BCUT2D eigenvalue weighted by Gasteiger charge is 2.37. The van der Waals surface area contributed by atoms with Gasteiger partial charge in [0.05, 0.1) is 6.04 Å². The molecule has 4 nitrogen and oxygen atoms in total. The van der Waals surface area contributed by atoms with E-state index in [1.54, 1.807) is 0 Å². The van der Waals surface area contributed by atoms with Crippen molar-refractivity contribution in [3.63, 3.8) is 0 Å². The van der Waals surface area contributed by atoms with Gasteiger partial charge in [-0.1, -0.05) is 20.3 Å². The van der Waals surface area contributed by atoms with E-state index in [2.05, 4.69) is 16.8 Å². The lowest BCUT2D eigenvalue weighted by Gasteiger charge is -2.37. The lowest BCUT2D eigenvalue weighted by Crippen LogP contribution is -2.52. The van der Waals surface area contributed by atoms with Gasteiger partial charge in [0.15, 0.2) is 0 Å². The number of nitrogens with two attached hydrogens (primary N) is 1. The van der Waals surface area contributed by atoms with Crippen molar-refractivity contribution in [3.05, 3.63) is 0 Å². The van der Waals surface area contributed by atoms with Crippen LogP contribution < -0.4 is 5.73 Å². The summed E-state index contributed by atoms with van der Waals surface area (Å²) in [6, 6.07) is 0.653. The zero-order valence-corrected chi connectivity index (χ0v) is 12.6. The summed E-state index contributed by atoms with van der Waals surface area (Å²) in [5, 5.41) is 0. The molecular formula is C15H29N3O. The summed E-state index contributed by atoms with van der Waals surface area (Å²) < 4.78 is 0. The Morgan fingerprint density at radius 3 is 2.53 bits per heavy atom. The van der Waals surface area contributed by atoms with Crippen LogP contribution >= 0.6 is 0 Å². The van der Waals surface area contributed by atoms with Gasteiger partial charge < -0.3 is 15.5 Å². The molecule has 0 bridgehead atoms. The van der Waals surface area contributed by atoms with Crippen LogP contribution in [0.4, 0.5) is 0 Å². The van der Waals surface area contributed by atoms with E-state index < -0.39 is 0 Å². The van der Waals surface area contributed by atoms with Crippen molar-refractivity contribution in [1.82, 2.24) is 9.80 Å². The van der Waals surface area contributed by atoms with E-state index in [4.69, 9.17) is 5.73 Å². The van der Waals surface area contributed by atoms with Crippen molar-refractivity contribution >= 4 is 5.91 Å². The van der Waals surface area contributed by atoms with E-state index in [9.17, 15) is 4.79 Å². The molecule has 2 rings (SSSR count). The quantitative estimate of drug-likeness (QED) is 0.820. The molecule has 19 heavy (non-hydrogen) atoms. The van der Waals surface area contributed by atoms with E-state index >= 15 is 0 Å². The van der Waals surface area contributed by atoms with Gasteiger partial charge in [-0.2, -0.15) is 0 Å². The van der Waals surface area contributed by atoms with Crippen molar-refractivity contribution in [2.75, 3.05) is 20.1 Å². The summed E-state index contributed by atoms with van der Waals surface area (Å²) in [4.78, 5) is 17.0. The summed E-state index contributed by atoms with van der Waals surface area (Å²) in [5.41, 5.74) is 6.06. The first-order valence-corrected chi connectivity index (χ1v) is 7.77. The number of likely N-dealkylation sites (tertiary alicyclic amines) is 1. The number of rotatable bonds is 5.